The number of thiazole rings is 1. The zero-order valence-corrected chi connectivity index (χ0v) is 17.1. The number of ether oxygens (including phenoxy) is 3. The summed E-state index contributed by atoms with van der Waals surface area (Å²) in [6, 6.07) is 7.43. The Morgan fingerprint density at radius 3 is 2.75 bits per heavy atom. The lowest BCUT2D eigenvalue weighted by Crippen LogP contribution is -2.26. The Hall–Kier alpha value is -2.55. The number of carbonyl (C=O) groups excluding carboxylic acids is 1. The van der Waals surface area contributed by atoms with Crippen molar-refractivity contribution in [3.63, 3.8) is 0 Å². The van der Waals surface area contributed by atoms with Gasteiger partial charge in [-0.2, -0.15) is 0 Å². The number of hydrogen-bond donors (Lipinski definition) is 1. The minimum Gasteiger partial charge on any atom is -0.488 e. The number of anilines is 1. The molecule has 0 saturated carbocycles. The van der Waals surface area contributed by atoms with Gasteiger partial charge in [0.2, 0.25) is 0 Å². The van der Waals surface area contributed by atoms with E-state index in [4.69, 9.17) is 19.2 Å². The fraction of sp³-hybridized carbons (Fsp3) is 0.350. The highest BCUT2D eigenvalue weighted by Crippen LogP contribution is 2.33. The Bertz CT molecular complexity index is 946. The number of methoxy groups -OCH3 is 2. The molecule has 0 aliphatic rings. The fourth-order valence-electron chi connectivity index (χ4n) is 2.68. The molecular weight excluding hydrogens is 378 g/mol. The molecule has 28 heavy (non-hydrogen) atoms. The molecule has 0 saturated heterocycles. The highest BCUT2D eigenvalue weighted by atomic mass is 32.1. The lowest BCUT2D eigenvalue weighted by atomic mass is 10.1. The van der Waals surface area contributed by atoms with Gasteiger partial charge in [0.05, 0.1) is 28.2 Å². The maximum atomic E-state index is 12.1. The minimum absolute atomic E-state index is 0.142. The highest BCUT2D eigenvalue weighted by Gasteiger charge is 2.15. The van der Waals surface area contributed by atoms with Crippen LogP contribution in [0.3, 0.4) is 0 Å². The maximum absolute atomic E-state index is 12.1. The van der Waals surface area contributed by atoms with Crippen molar-refractivity contribution in [2.45, 2.75) is 26.1 Å². The lowest BCUT2D eigenvalue weighted by Gasteiger charge is -2.17. The first kappa shape index (κ1) is 20.2. The Labute approximate surface area is 167 Å². The van der Waals surface area contributed by atoms with E-state index in [2.05, 4.69) is 10.3 Å². The molecule has 8 heteroatoms. The number of aromatic nitrogens is 2. The molecule has 148 valence electrons. The van der Waals surface area contributed by atoms with Gasteiger partial charge in [0, 0.05) is 37.6 Å². The molecule has 0 bridgehead atoms. The van der Waals surface area contributed by atoms with Crippen LogP contribution in [0.4, 0.5) is 5.69 Å². The van der Waals surface area contributed by atoms with E-state index in [9.17, 15) is 4.79 Å². The summed E-state index contributed by atoms with van der Waals surface area (Å²) in [5, 5.41) is 3.66. The number of rotatable bonds is 8. The first-order valence-electron chi connectivity index (χ1n) is 8.84. The minimum atomic E-state index is -0.542. The van der Waals surface area contributed by atoms with Gasteiger partial charge in [-0.15, -0.1) is 11.3 Å². The largest absolute Gasteiger partial charge is 0.488 e. The van der Waals surface area contributed by atoms with Crippen LogP contribution in [0, 0.1) is 0 Å². The predicted molar refractivity (Wildman–Crippen MR) is 110 cm³/mol. The normalized spacial score (nSPS) is 13.3. The van der Waals surface area contributed by atoms with E-state index in [0.717, 1.165) is 21.5 Å². The van der Waals surface area contributed by atoms with Crippen molar-refractivity contribution in [3.05, 3.63) is 36.0 Å². The van der Waals surface area contributed by atoms with Gasteiger partial charge >= 0.3 is 0 Å². The fourth-order valence-corrected chi connectivity index (χ4v) is 3.26. The number of nitrogens with one attached hydrogen (secondary N) is 1. The Balaban J connectivity index is 2.02. The molecular formula is C20H23N3O4S. The van der Waals surface area contributed by atoms with Crippen LogP contribution in [0.2, 0.25) is 0 Å². The van der Waals surface area contributed by atoms with Crippen LogP contribution in [-0.2, 0) is 14.3 Å². The molecule has 2 aromatic heterocycles. The van der Waals surface area contributed by atoms with E-state index in [-0.39, 0.29) is 12.0 Å². The van der Waals surface area contributed by atoms with Crippen molar-refractivity contribution < 1.29 is 19.0 Å². The molecule has 1 N–H and O–H groups in total. The Kier molecular flexibility index (Phi) is 6.56. The molecule has 0 unspecified atom stereocenters. The van der Waals surface area contributed by atoms with E-state index in [1.807, 2.05) is 31.2 Å². The van der Waals surface area contributed by atoms with Crippen molar-refractivity contribution in [3.8, 4) is 16.3 Å². The molecule has 3 rings (SSSR count). The number of benzene rings is 1. The molecule has 0 aliphatic heterocycles. The van der Waals surface area contributed by atoms with Crippen molar-refractivity contribution in [2.24, 2.45) is 0 Å². The second kappa shape index (κ2) is 9.09. The van der Waals surface area contributed by atoms with Gasteiger partial charge in [0.25, 0.3) is 5.91 Å². The van der Waals surface area contributed by atoms with Crippen LogP contribution < -0.4 is 10.1 Å². The van der Waals surface area contributed by atoms with Gasteiger partial charge in [0.15, 0.2) is 0 Å². The number of hydrogen-bond acceptors (Lipinski definition) is 7. The number of nitrogens with zero attached hydrogens (tertiary/aromatic N) is 2. The van der Waals surface area contributed by atoms with Gasteiger partial charge in [-0.3, -0.25) is 9.78 Å². The summed E-state index contributed by atoms with van der Waals surface area (Å²) in [4.78, 5) is 21.9. The second-order valence-corrected chi connectivity index (χ2v) is 7.24. The first-order valence-corrected chi connectivity index (χ1v) is 9.72. The average Bonchev–Trinajstić information content (AvgIpc) is 3.22. The second-order valence-electron chi connectivity index (χ2n) is 6.35. The molecule has 2 atom stereocenters. The van der Waals surface area contributed by atoms with Crippen LogP contribution in [0.5, 0.6) is 5.75 Å². The highest BCUT2D eigenvalue weighted by molar-refractivity contribution is 7.13. The molecule has 3 aromatic rings. The molecule has 1 amide bonds. The zero-order chi connectivity index (χ0) is 20.1. The third-order valence-corrected chi connectivity index (χ3v) is 4.97. The summed E-state index contributed by atoms with van der Waals surface area (Å²) in [7, 11) is 3.14. The van der Waals surface area contributed by atoms with Gasteiger partial charge < -0.3 is 19.5 Å². The molecule has 0 spiro atoms. The molecule has 7 nitrogen and oxygen atoms in total. The summed E-state index contributed by atoms with van der Waals surface area (Å²) in [6.45, 7) is 4.09. The van der Waals surface area contributed by atoms with E-state index < -0.39 is 6.10 Å². The lowest BCUT2D eigenvalue weighted by molar-refractivity contribution is -0.124. The van der Waals surface area contributed by atoms with Crippen LogP contribution in [0.1, 0.15) is 13.8 Å². The SMILES string of the molecule is COC[C@H](C)Oc1cc(-c2cncs2)nc2ccc(NC(=O)[C@H](C)OC)cc12. The van der Waals surface area contributed by atoms with Gasteiger partial charge in [-0.05, 0) is 32.0 Å². The summed E-state index contributed by atoms with van der Waals surface area (Å²) < 4.78 is 16.4. The zero-order valence-electron chi connectivity index (χ0n) is 16.3. The smallest absolute Gasteiger partial charge is 0.253 e. The van der Waals surface area contributed by atoms with E-state index >= 15 is 0 Å². The summed E-state index contributed by atoms with van der Waals surface area (Å²) >= 11 is 1.51. The Morgan fingerprint density at radius 2 is 2.07 bits per heavy atom. The standard InChI is InChI=1S/C20H23N3O4S/c1-12(10-25-3)27-18-8-17(19-9-21-11-28-19)23-16-6-5-14(7-15(16)18)22-20(24)13(2)26-4/h5-9,11-13H,10H2,1-4H3,(H,22,24)/t12-,13-/m0/s1. The third-order valence-electron chi connectivity index (χ3n) is 4.18. The quantitative estimate of drug-likeness (QED) is 0.619. The summed E-state index contributed by atoms with van der Waals surface area (Å²) in [6.07, 6.45) is 1.10. The predicted octanol–water partition coefficient (Wildman–Crippen LogP) is 3.75. The van der Waals surface area contributed by atoms with Gasteiger partial charge in [-0.25, -0.2) is 4.98 Å². The third kappa shape index (κ3) is 4.64. The molecule has 0 aliphatic carbocycles. The van der Waals surface area contributed by atoms with E-state index in [1.165, 1.54) is 18.4 Å². The van der Waals surface area contributed by atoms with E-state index in [1.54, 1.807) is 25.7 Å². The van der Waals surface area contributed by atoms with Crippen LogP contribution >= 0.6 is 11.3 Å². The van der Waals surface area contributed by atoms with Crippen molar-refractivity contribution in [1.82, 2.24) is 9.97 Å². The average molecular weight is 401 g/mol. The van der Waals surface area contributed by atoms with Crippen molar-refractivity contribution in [1.29, 1.82) is 0 Å². The van der Waals surface area contributed by atoms with E-state index in [0.29, 0.717) is 18.0 Å². The van der Waals surface area contributed by atoms with Crippen LogP contribution in [-0.4, -0.2) is 48.9 Å². The number of carbonyl (C=O) groups is 1. The topological polar surface area (TPSA) is 82.6 Å². The molecule has 0 radical (unpaired) electrons. The monoisotopic (exact) mass is 401 g/mol. The maximum Gasteiger partial charge on any atom is 0.253 e. The number of amides is 1. The summed E-state index contributed by atoms with van der Waals surface area (Å²) in [5.74, 6) is 0.458. The van der Waals surface area contributed by atoms with Crippen LogP contribution in [0.15, 0.2) is 36.0 Å². The van der Waals surface area contributed by atoms with Gasteiger partial charge in [0.1, 0.15) is 18.0 Å². The Morgan fingerprint density at radius 1 is 1.25 bits per heavy atom. The van der Waals surface area contributed by atoms with Gasteiger partial charge in [-0.1, -0.05) is 0 Å². The van der Waals surface area contributed by atoms with Crippen molar-refractivity contribution >= 4 is 33.8 Å². The van der Waals surface area contributed by atoms with Crippen LogP contribution in [0.25, 0.3) is 21.5 Å². The number of pyridine rings is 1. The molecule has 2 heterocycles. The first-order chi connectivity index (χ1) is 13.5. The van der Waals surface area contributed by atoms with Crippen molar-refractivity contribution in [2.75, 3.05) is 26.1 Å². The molecule has 0 fully saturated rings. The molecule has 1 aromatic carbocycles. The number of fused-ring (bicyclic) bond motifs is 1. The summed E-state index contributed by atoms with van der Waals surface area (Å²) in [5.41, 5.74) is 3.98.